The van der Waals surface area contributed by atoms with E-state index >= 15 is 0 Å². The molecule has 0 saturated carbocycles. The van der Waals surface area contributed by atoms with E-state index in [1.165, 1.54) is 24.3 Å². The molecule has 0 bridgehead atoms. The fraction of sp³-hybridized carbons (Fsp3) is 0.125. The SMILES string of the molecule is N#Cc1ccccc1C(O)(OPO)O[PH](=O)O. The first kappa shape index (κ1) is 14.2. The first-order valence-electron chi connectivity index (χ1n) is 4.24. The molecule has 0 radical (unpaired) electrons. The maximum Gasteiger partial charge on any atom is 0.322 e. The van der Waals surface area contributed by atoms with Crippen molar-refractivity contribution in [2.45, 2.75) is 5.97 Å². The van der Waals surface area contributed by atoms with Crippen LogP contribution in [0.15, 0.2) is 24.3 Å². The average molecular weight is 277 g/mol. The number of rotatable bonds is 5. The highest BCUT2D eigenvalue weighted by molar-refractivity contribution is 7.32. The Bertz CT molecular complexity index is 462. The first-order chi connectivity index (χ1) is 8.03. The number of hydrogen-bond acceptors (Lipinski definition) is 6. The van der Waals surface area contributed by atoms with E-state index in [2.05, 4.69) is 9.05 Å². The summed E-state index contributed by atoms with van der Waals surface area (Å²) >= 11 is 0. The van der Waals surface area contributed by atoms with Gasteiger partial charge in [0.05, 0.1) is 17.2 Å². The van der Waals surface area contributed by atoms with Gasteiger partial charge in [0.1, 0.15) is 0 Å². The Morgan fingerprint density at radius 1 is 1.47 bits per heavy atom. The molecule has 1 aromatic carbocycles. The van der Waals surface area contributed by atoms with Crippen molar-refractivity contribution in [2.24, 2.45) is 0 Å². The highest BCUT2D eigenvalue weighted by Gasteiger charge is 2.36. The molecule has 9 heteroatoms. The van der Waals surface area contributed by atoms with Crippen molar-refractivity contribution < 1.29 is 28.5 Å². The quantitative estimate of drug-likeness (QED) is 0.531. The minimum absolute atomic E-state index is 0.00324. The zero-order valence-electron chi connectivity index (χ0n) is 8.32. The van der Waals surface area contributed by atoms with Gasteiger partial charge in [-0.05, 0) is 12.1 Å². The van der Waals surface area contributed by atoms with Gasteiger partial charge < -0.3 is 14.9 Å². The molecule has 0 fully saturated rings. The van der Waals surface area contributed by atoms with Gasteiger partial charge in [-0.2, -0.15) is 5.26 Å². The van der Waals surface area contributed by atoms with E-state index in [1.54, 1.807) is 6.07 Å². The second-order valence-corrected chi connectivity index (χ2v) is 3.92. The second kappa shape index (κ2) is 6.20. The highest BCUT2D eigenvalue weighted by atomic mass is 31.1. The van der Waals surface area contributed by atoms with Gasteiger partial charge in [-0.25, -0.2) is 4.52 Å². The summed E-state index contributed by atoms with van der Waals surface area (Å²) in [5.74, 6) is -2.62. The van der Waals surface area contributed by atoms with Crippen LogP contribution in [0.2, 0.25) is 0 Å². The van der Waals surface area contributed by atoms with Crippen LogP contribution >= 0.6 is 17.3 Å². The zero-order valence-corrected chi connectivity index (χ0v) is 10.3. The highest BCUT2D eigenvalue weighted by Crippen LogP contribution is 2.38. The molecular formula is C8H9NO6P2. The third kappa shape index (κ3) is 3.56. The molecule has 17 heavy (non-hydrogen) atoms. The number of hydrogen-bond donors (Lipinski definition) is 3. The minimum Gasteiger partial charge on any atom is -0.352 e. The lowest BCUT2D eigenvalue weighted by Gasteiger charge is -2.25. The van der Waals surface area contributed by atoms with Crippen molar-refractivity contribution in [3.63, 3.8) is 0 Å². The van der Waals surface area contributed by atoms with Crippen LogP contribution in [-0.4, -0.2) is 14.9 Å². The van der Waals surface area contributed by atoms with Crippen molar-refractivity contribution in [3.8, 4) is 6.07 Å². The summed E-state index contributed by atoms with van der Waals surface area (Å²) in [6.07, 6.45) is 0. The fourth-order valence-electron chi connectivity index (χ4n) is 1.17. The molecule has 0 heterocycles. The summed E-state index contributed by atoms with van der Waals surface area (Å²) in [7, 11) is -4.71. The van der Waals surface area contributed by atoms with Crippen LogP contribution < -0.4 is 0 Å². The van der Waals surface area contributed by atoms with Crippen molar-refractivity contribution in [3.05, 3.63) is 35.4 Å². The van der Waals surface area contributed by atoms with Gasteiger partial charge in [-0.1, -0.05) is 12.1 Å². The number of benzene rings is 1. The Labute approximate surface area is 99.1 Å². The summed E-state index contributed by atoms with van der Waals surface area (Å²) in [5, 5.41) is 18.7. The van der Waals surface area contributed by atoms with Crippen LogP contribution in [0.5, 0.6) is 0 Å². The lowest BCUT2D eigenvalue weighted by molar-refractivity contribution is -0.282. The zero-order chi connectivity index (χ0) is 12.9. The molecular weight excluding hydrogens is 268 g/mol. The predicted molar refractivity (Wildman–Crippen MR) is 59.0 cm³/mol. The first-order valence-corrected chi connectivity index (χ1v) is 6.36. The summed E-state index contributed by atoms with van der Waals surface area (Å²) in [6.45, 7) is 0. The third-order valence-corrected chi connectivity index (χ3v) is 2.62. The fourth-order valence-corrected chi connectivity index (χ4v) is 1.91. The van der Waals surface area contributed by atoms with E-state index < -0.39 is 23.3 Å². The van der Waals surface area contributed by atoms with E-state index in [1.807, 2.05) is 0 Å². The van der Waals surface area contributed by atoms with Crippen LogP contribution in [-0.2, 0) is 19.6 Å². The molecule has 0 amide bonds. The monoisotopic (exact) mass is 277 g/mol. The van der Waals surface area contributed by atoms with Crippen LogP contribution in [0.25, 0.3) is 0 Å². The largest absolute Gasteiger partial charge is 0.352 e. The molecule has 0 saturated heterocycles. The van der Waals surface area contributed by atoms with E-state index in [4.69, 9.17) is 15.0 Å². The van der Waals surface area contributed by atoms with Gasteiger partial charge in [-0.3, -0.25) is 9.09 Å². The Morgan fingerprint density at radius 3 is 2.65 bits per heavy atom. The van der Waals surface area contributed by atoms with Crippen LogP contribution in [0.1, 0.15) is 11.1 Å². The molecule has 3 N–H and O–H groups in total. The molecule has 7 nitrogen and oxygen atoms in total. The van der Waals surface area contributed by atoms with Gasteiger partial charge in [-0.15, -0.1) is 0 Å². The van der Waals surface area contributed by atoms with Gasteiger partial charge in [0, 0.05) is 0 Å². The topological polar surface area (TPSA) is 120 Å². The lowest BCUT2D eigenvalue weighted by Crippen LogP contribution is -2.29. The molecule has 3 atom stereocenters. The lowest BCUT2D eigenvalue weighted by atomic mass is 10.1. The normalized spacial score (nSPS) is 16.6. The van der Waals surface area contributed by atoms with Crippen molar-refractivity contribution in [1.29, 1.82) is 5.26 Å². The molecule has 0 aliphatic rings. The summed E-state index contributed by atoms with van der Waals surface area (Å²) in [4.78, 5) is 17.3. The van der Waals surface area contributed by atoms with E-state index in [0.29, 0.717) is 0 Å². The van der Waals surface area contributed by atoms with Gasteiger partial charge in [0.15, 0.2) is 9.03 Å². The van der Waals surface area contributed by atoms with E-state index in [0.717, 1.165) is 0 Å². The molecule has 0 aliphatic carbocycles. The molecule has 0 aromatic heterocycles. The van der Waals surface area contributed by atoms with Gasteiger partial charge in [0.2, 0.25) is 0 Å². The van der Waals surface area contributed by atoms with Crippen molar-refractivity contribution in [2.75, 3.05) is 0 Å². The number of nitriles is 1. The predicted octanol–water partition coefficient (Wildman–Crippen LogP) is 0.577. The standard InChI is InChI=1S/C8H9NO6P2/c9-5-6-3-1-2-4-7(6)8(10,14-16-11)15-17(12)13/h1-4,10-11,16-17H,(H,12,13). The number of aliphatic hydroxyl groups is 1. The summed E-state index contributed by atoms with van der Waals surface area (Å²) in [6, 6.07) is 7.42. The molecule has 0 aliphatic heterocycles. The minimum atomic E-state index is -3.53. The number of nitrogens with zero attached hydrogens (tertiary/aromatic N) is 1. The Kier molecular flexibility index (Phi) is 5.19. The summed E-state index contributed by atoms with van der Waals surface area (Å²) < 4.78 is 19.5. The Balaban J connectivity index is 3.22. The van der Waals surface area contributed by atoms with Crippen LogP contribution in [0.4, 0.5) is 0 Å². The molecule has 1 aromatic rings. The summed E-state index contributed by atoms with van der Waals surface area (Å²) in [5.41, 5.74) is -0.159. The third-order valence-electron chi connectivity index (χ3n) is 1.80. The van der Waals surface area contributed by atoms with Crippen LogP contribution in [0, 0.1) is 11.3 Å². The maximum atomic E-state index is 10.6. The van der Waals surface area contributed by atoms with Crippen LogP contribution in [0.3, 0.4) is 0 Å². The smallest absolute Gasteiger partial charge is 0.322 e. The van der Waals surface area contributed by atoms with E-state index in [-0.39, 0.29) is 11.1 Å². The van der Waals surface area contributed by atoms with Gasteiger partial charge in [0.25, 0.3) is 0 Å². The van der Waals surface area contributed by atoms with Gasteiger partial charge >= 0.3 is 14.2 Å². The molecule has 0 spiro atoms. The maximum absolute atomic E-state index is 10.6. The Morgan fingerprint density at radius 2 is 2.12 bits per heavy atom. The molecule has 92 valence electrons. The molecule has 3 unspecified atom stereocenters. The average Bonchev–Trinajstić information content (AvgIpc) is 2.28. The second-order valence-electron chi connectivity index (χ2n) is 2.80. The van der Waals surface area contributed by atoms with Crippen molar-refractivity contribution >= 4 is 17.3 Å². The molecule has 1 rings (SSSR count). The Hall–Kier alpha value is -0.830. The van der Waals surface area contributed by atoms with Crippen molar-refractivity contribution in [1.82, 2.24) is 0 Å². The van der Waals surface area contributed by atoms with E-state index in [9.17, 15) is 9.67 Å².